The van der Waals surface area contributed by atoms with E-state index in [4.69, 9.17) is 9.36 Å². The minimum Gasteiger partial charge on any atom is -0.511 e. The Morgan fingerprint density at radius 3 is 2.74 bits per heavy atom. The topological polar surface area (TPSA) is 102 Å². The van der Waals surface area contributed by atoms with E-state index in [2.05, 4.69) is 10.3 Å². The first-order valence-electron chi connectivity index (χ1n) is 9.47. The molecule has 0 bridgehead atoms. The van der Waals surface area contributed by atoms with Crippen molar-refractivity contribution in [2.24, 2.45) is 10.6 Å². The molecule has 0 fully saturated rings. The Kier molecular flexibility index (Phi) is 5.48. The van der Waals surface area contributed by atoms with Crippen LogP contribution in [0, 0.1) is 5.41 Å². The maximum atomic E-state index is 12.6. The molecule has 1 N–H and O–H groups in total. The number of carbonyl (C=O) groups is 2. The zero-order valence-electron chi connectivity index (χ0n) is 16.1. The Bertz CT molecular complexity index is 816. The van der Waals surface area contributed by atoms with Crippen LogP contribution in [0.1, 0.15) is 74.7 Å². The van der Waals surface area contributed by atoms with Gasteiger partial charge < -0.3 is 14.5 Å². The van der Waals surface area contributed by atoms with Crippen LogP contribution in [0.3, 0.4) is 0 Å². The Morgan fingerprint density at radius 1 is 1.26 bits per heavy atom. The molecule has 7 heteroatoms. The summed E-state index contributed by atoms with van der Waals surface area (Å²) >= 11 is 0. The summed E-state index contributed by atoms with van der Waals surface area (Å²) in [6.07, 6.45) is 3.48. The van der Waals surface area contributed by atoms with Crippen LogP contribution >= 0.6 is 0 Å². The number of aryl methyl sites for hydroxylation is 2. The van der Waals surface area contributed by atoms with Crippen molar-refractivity contribution >= 4 is 17.3 Å². The van der Waals surface area contributed by atoms with Crippen LogP contribution in [0.15, 0.2) is 21.0 Å². The first kappa shape index (κ1) is 19.3. The van der Waals surface area contributed by atoms with E-state index in [1.807, 2.05) is 13.8 Å². The van der Waals surface area contributed by atoms with Gasteiger partial charge in [-0.3, -0.25) is 9.59 Å². The second-order valence-corrected chi connectivity index (χ2v) is 7.92. The van der Waals surface area contributed by atoms with Crippen molar-refractivity contribution in [3.63, 3.8) is 0 Å². The number of aromatic nitrogens is 1. The van der Waals surface area contributed by atoms with E-state index in [0.29, 0.717) is 67.9 Å². The number of ketones is 2. The Morgan fingerprint density at radius 2 is 2.04 bits per heavy atom. The Labute approximate surface area is 158 Å². The van der Waals surface area contributed by atoms with Crippen LogP contribution in [0.4, 0.5) is 0 Å². The lowest BCUT2D eigenvalue weighted by Gasteiger charge is -2.29. The number of fused-ring (bicyclic) bond motifs is 1. The van der Waals surface area contributed by atoms with Gasteiger partial charge in [0.2, 0.25) is 0 Å². The molecule has 1 aromatic rings. The first-order valence-corrected chi connectivity index (χ1v) is 9.47. The lowest BCUT2D eigenvalue weighted by molar-refractivity contribution is -0.118. The van der Waals surface area contributed by atoms with Gasteiger partial charge in [-0.05, 0) is 31.6 Å². The second kappa shape index (κ2) is 7.66. The third kappa shape index (κ3) is 4.12. The van der Waals surface area contributed by atoms with Crippen molar-refractivity contribution in [3.8, 4) is 0 Å². The second-order valence-electron chi connectivity index (χ2n) is 7.92. The molecular weight excluding hydrogens is 348 g/mol. The van der Waals surface area contributed by atoms with Gasteiger partial charge in [-0.25, -0.2) is 0 Å². The van der Waals surface area contributed by atoms with Gasteiger partial charge in [0.05, 0.1) is 22.5 Å². The van der Waals surface area contributed by atoms with E-state index in [-0.39, 0.29) is 28.3 Å². The standard InChI is InChI=1S/C20H26N2O5/c1-4-26-21-12(18-15(24)10-20(2,3)11-16(18)25)8-9-13-19-14(23)6-5-7-17(19)27-22-13/h24H,4-11H2,1-3H3. The molecule has 146 valence electrons. The molecular formula is C20H26N2O5. The highest BCUT2D eigenvalue weighted by Crippen LogP contribution is 2.36. The summed E-state index contributed by atoms with van der Waals surface area (Å²) in [6.45, 7) is 6.05. The first-order chi connectivity index (χ1) is 12.8. The summed E-state index contributed by atoms with van der Waals surface area (Å²) < 4.78 is 5.32. The smallest absolute Gasteiger partial charge is 0.168 e. The van der Waals surface area contributed by atoms with Crippen molar-refractivity contribution in [1.29, 1.82) is 0 Å². The number of hydrogen-bond acceptors (Lipinski definition) is 7. The van der Waals surface area contributed by atoms with E-state index in [9.17, 15) is 14.7 Å². The molecule has 27 heavy (non-hydrogen) atoms. The molecule has 3 rings (SSSR count). The van der Waals surface area contributed by atoms with Crippen LogP contribution in [0.2, 0.25) is 0 Å². The summed E-state index contributed by atoms with van der Waals surface area (Å²) in [5.74, 6) is 0.601. The van der Waals surface area contributed by atoms with E-state index in [0.717, 1.165) is 6.42 Å². The number of aliphatic hydroxyl groups is 1. The summed E-state index contributed by atoms with van der Waals surface area (Å²) in [7, 11) is 0. The molecule has 0 atom stereocenters. The van der Waals surface area contributed by atoms with Crippen LogP contribution in [-0.4, -0.2) is 34.1 Å². The number of allylic oxidation sites excluding steroid dienone is 2. The van der Waals surface area contributed by atoms with Gasteiger partial charge in [0.1, 0.15) is 18.1 Å². The van der Waals surface area contributed by atoms with Crippen molar-refractivity contribution in [2.45, 2.75) is 65.7 Å². The molecule has 0 spiro atoms. The van der Waals surface area contributed by atoms with E-state index in [1.165, 1.54) is 0 Å². The van der Waals surface area contributed by atoms with Crippen molar-refractivity contribution in [3.05, 3.63) is 28.3 Å². The number of Topliss-reactive ketones (excluding diaryl/α,β-unsaturated/α-hetero) is 2. The monoisotopic (exact) mass is 374 g/mol. The number of carbonyl (C=O) groups excluding carboxylic acids is 2. The van der Waals surface area contributed by atoms with Gasteiger partial charge >= 0.3 is 0 Å². The fourth-order valence-electron chi connectivity index (χ4n) is 3.77. The van der Waals surface area contributed by atoms with Gasteiger partial charge in [-0.1, -0.05) is 24.2 Å². The molecule has 1 aromatic heterocycles. The predicted molar refractivity (Wildman–Crippen MR) is 98.8 cm³/mol. The van der Waals surface area contributed by atoms with E-state index >= 15 is 0 Å². The molecule has 0 radical (unpaired) electrons. The summed E-state index contributed by atoms with van der Waals surface area (Å²) in [5, 5.41) is 18.6. The maximum Gasteiger partial charge on any atom is 0.168 e. The molecule has 7 nitrogen and oxygen atoms in total. The maximum absolute atomic E-state index is 12.6. The van der Waals surface area contributed by atoms with Crippen LogP contribution in [-0.2, 0) is 22.5 Å². The zero-order valence-corrected chi connectivity index (χ0v) is 16.1. The van der Waals surface area contributed by atoms with Crippen LogP contribution in [0.25, 0.3) is 0 Å². The largest absolute Gasteiger partial charge is 0.511 e. The third-order valence-electron chi connectivity index (χ3n) is 4.96. The zero-order chi connectivity index (χ0) is 19.6. The Balaban J connectivity index is 1.84. The Hall–Kier alpha value is -2.44. The molecule has 0 aromatic carbocycles. The van der Waals surface area contributed by atoms with Crippen molar-refractivity contribution < 1.29 is 24.1 Å². The summed E-state index contributed by atoms with van der Waals surface area (Å²) in [6, 6.07) is 0. The van der Waals surface area contributed by atoms with Crippen molar-refractivity contribution in [2.75, 3.05) is 6.61 Å². The molecule has 0 aliphatic heterocycles. The van der Waals surface area contributed by atoms with Gasteiger partial charge in [-0.15, -0.1) is 0 Å². The number of nitrogens with zero attached hydrogens (tertiary/aromatic N) is 2. The lowest BCUT2D eigenvalue weighted by Crippen LogP contribution is -2.29. The van der Waals surface area contributed by atoms with Crippen LogP contribution in [0.5, 0.6) is 0 Å². The quantitative estimate of drug-likeness (QED) is 0.601. The predicted octanol–water partition coefficient (Wildman–Crippen LogP) is 3.72. The number of hydrogen-bond donors (Lipinski definition) is 1. The lowest BCUT2D eigenvalue weighted by atomic mass is 9.75. The fraction of sp³-hybridized carbons (Fsp3) is 0.600. The molecule has 2 aliphatic rings. The minimum atomic E-state index is -0.279. The molecule has 1 heterocycles. The van der Waals surface area contributed by atoms with Crippen molar-refractivity contribution in [1.82, 2.24) is 5.16 Å². The van der Waals surface area contributed by atoms with E-state index < -0.39 is 0 Å². The molecule has 0 saturated heterocycles. The van der Waals surface area contributed by atoms with Gasteiger partial charge in [-0.2, -0.15) is 0 Å². The van der Waals surface area contributed by atoms with Gasteiger partial charge in [0.25, 0.3) is 0 Å². The third-order valence-corrected chi connectivity index (χ3v) is 4.96. The van der Waals surface area contributed by atoms with E-state index in [1.54, 1.807) is 6.92 Å². The summed E-state index contributed by atoms with van der Waals surface area (Å²) in [4.78, 5) is 30.0. The van der Waals surface area contributed by atoms with Gasteiger partial charge in [0, 0.05) is 25.7 Å². The molecule has 2 aliphatic carbocycles. The van der Waals surface area contributed by atoms with Gasteiger partial charge in [0.15, 0.2) is 11.6 Å². The SMILES string of the molecule is CCON=C(CCc1noc2c1C(=O)CCC2)C1=C(O)CC(C)(C)CC1=O. The number of oxime groups is 1. The average molecular weight is 374 g/mol. The highest BCUT2D eigenvalue weighted by molar-refractivity contribution is 6.23. The highest BCUT2D eigenvalue weighted by atomic mass is 16.6. The highest BCUT2D eigenvalue weighted by Gasteiger charge is 2.35. The molecule has 0 amide bonds. The molecule has 0 unspecified atom stereocenters. The average Bonchev–Trinajstić information content (AvgIpc) is 2.99. The number of aliphatic hydroxyl groups excluding tert-OH is 1. The molecule has 0 saturated carbocycles. The van der Waals surface area contributed by atoms with Crippen LogP contribution < -0.4 is 0 Å². The normalized spacial score (nSPS) is 20.0. The number of rotatable bonds is 6. The minimum absolute atomic E-state index is 0.0490. The summed E-state index contributed by atoms with van der Waals surface area (Å²) in [5.41, 5.74) is 1.52. The fourth-order valence-corrected chi connectivity index (χ4v) is 3.77.